The Bertz CT molecular complexity index is 510. The lowest BCUT2D eigenvalue weighted by atomic mass is 10.1. The average molecular weight is 262 g/mol. The third kappa shape index (κ3) is 3.85. The highest BCUT2D eigenvalue weighted by atomic mass is 16.3. The third-order valence-electron chi connectivity index (χ3n) is 2.68. The summed E-state index contributed by atoms with van der Waals surface area (Å²) < 4.78 is 0. The van der Waals surface area contributed by atoms with Gasteiger partial charge in [-0.15, -0.1) is 0 Å². The first-order valence-electron chi connectivity index (χ1n) is 6.11. The molecule has 6 heteroatoms. The number of nitrogens with one attached hydrogen (secondary N) is 1. The van der Waals surface area contributed by atoms with Crippen LogP contribution >= 0.6 is 0 Å². The first kappa shape index (κ1) is 13.7. The SMILES string of the molecule is CC(O)(CO)CNCc1cnn(-c2ccccc2)n1. The van der Waals surface area contributed by atoms with Crippen LogP contribution in [0.1, 0.15) is 12.6 Å². The van der Waals surface area contributed by atoms with Crippen molar-refractivity contribution in [3.8, 4) is 5.69 Å². The molecular weight excluding hydrogens is 244 g/mol. The van der Waals surface area contributed by atoms with Crippen molar-refractivity contribution in [2.45, 2.75) is 19.1 Å². The molecule has 0 amide bonds. The van der Waals surface area contributed by atoms with Crippen LogP contribution in [0, 0.1) is 0 Å². The van der Waals surface area contributed by atoms with Gasteiger partial charge in [0, 0.05) is 13.1 Å². The minimum Gasteiger partial charge on any atom is -0.393 e. The minimum atomic E-state index is -1.12. The summed E-state index contributed by atoms with van der Waals surface area (Å²) in [5.74, 6) is 0. The van der Waals surface area contributed by atoms with Gasteiger partial charge in [0.25, 0.3) is 0 Å². The molecule has 102 valence electrons. The molecule has 0 bridgehead atoms. The van der Waals surface area contributed by atoms with Gasteiger partial charge in [-0.25, -0.2) is 0 Å². The van der Waals surface area contributed by atoms with Gasteiger partial charge in [-0.05, 0) is 19.1 Å². The van der Waals surface area contributed by atoms with Crippen molar-refractivity contribution in [1.29, 1.82) is 0 Å². The molecule has 0 saturated heterocycles. The molecule has 2 rings (SSSR count). The lowest BCUT2D eigenvalue weighted by molar-refractivity contribution is 0.00248. The van der Waals surface area contributed by atoms with Gasteiger partial charge in [0.1, 0.15) is 0 Å². The van der Waals surface area contributed by atoms with Crippen molar-refractivity contribution in [3.63, 3.8) is 0 Å². The average Bonchev–Trinajstić information content (AvgIpc) is 2.88. The van der Waals surface area contributed by atoms with Crippen LogP contribution in [0.2, 0.25) is 0 Å². The molecular formula is C13H18N4O2. The van der Waals surface area contributed by atoms with E-state index in [4.69, 9.17) is 5.11 Å². The van der Waals surface area contributed by atoms with Gasteiger partial charge in [0.05, 0.1) is 29.8 Å². The number of hydrogen-bond acceptors (Lipinski definition) is 5. The molecule has 1 unspecified atom stereocenters. The number of aliphatic hydroxyl groups excluding tert-OH is 1. The van der Waals surface area contributed by atoms with Crippen LogP contribution in [0.15, 0.2) is 36.5 Å². The minimum absolute atomic E-state index is 0.281. The quantitative estimate of drug-likeness (QED) is 0.688. The van der Waals surface area contributed by atoms with Gasteiger partial charge in [-0.2, -0.15) is 15.0 Å². The van der Waals surface area contributed by atoms with Crippen LogP contribution in [0.4, 0.5) is 0 Å². The first-order valence-corrected chi connectivity index (χ1v) is 6.11. The topological polar surface area (TPSA) is 83.2 Å². The van der Waals surface area contributed by atoms with Crippen molar-refractivity contribution in [1.82, 2.24) is 20.3 Å². The molecule has 0 aliphatic rings. The van der Waals surface area contributed by atoms with Gasteiger partial charge in [0.2, 0.25) is 0 Å². The lowest BCUT2D eigenvalue weighted by Gasteiger charge is -2.20. The van der Waals surface area contributed by atoms with Crippen molar-refractivity contribution >= 4 is 0 Å². The second-order valence-corrected chi connectivity index (χ2v) is 4.72. The second kappa shape index (κ2) is 5.92. The van der Waals surface area contributed by atoms with E-state index in [2.05, 4.69) is 15.5 Å². The molecule has 0 saturated carbocycles. The summed E-state index contributed by atoms with van der Waals surface area (Å²) in [7, 11) is 0. The predicted octanol–water partition coefficient (Wildman–Crippen LogP) is 0.100. The predicted molar refractivity (Wildman–Crippen MR) is 70.8 cm³/mol. The molecule has 1 aromatic heterocycles. The summed E-state index contributed by atoms with van der Waals surface area (Å²) in [6, 6.07) is 9.64. The third-order valence-corrected chi connectivity index (χ3v) is 2.68. The van der Waals surface area contributed by atoms with Gasteiger partial charge in [-0.1, -0.05) is 18.2 Å². The molecule has 0 aliphatic carbocycles. The zero-order valence-corrected chi connectivity index (χ0v) is 10.8. The maximum atomic E-state index is 9.63. The highest BCUT2D eigenvalue weighted by Gasteiger charge is 2.18. The van der Waals surface area contributed by atoms with E-state index in [9.17, 15) is 5.11 Å². The molecule has 1 aromatic carbocycles. The van der Waals surface area contributed by atoms with Gasteiger partial charge in [-0.3, -0.25) is 0 Å². The van der Waals surface area contributed by atoms with Gasteiger partial charge in [0.15, 0.2) is 0 Å². The number of aliphatic hydroxyl groups is 2. The zero-order valence-electron chi connectivity index (χ0n) is 10.8. The van der Waals surface area contributed by atoms with E-state index in [1.807, 2.05) is 30.3 Å². The fraction of sp³-hybridized carbons (Fsp3) is 0.385. The molecule has 0 radical (unpaired) electrons. The summed E-state index contributed by atoms with van der Waals surface area (Å²) in [6.45, 7) is 2.07. The number of para-hydroxylation sites is 1. The Kier molecular flexibility index (Phi) is 4.26. The fourth-order valence-corrected chi connectivity index (χ4v) is 1.58. The van der Waals surface area contributed by atoms with Gasteiger partial charge < -0.3 is 15.5 Å². The van der Waals surface area contributed by atoms with Crippen LogP contribution in [-0.4, -0.2) is 44.0 Å². The van der Waals surface area contributed by atoms with E-state index in [1.165, 1.54) is 0 Å². The molecule has 1 heterocycles. The Balaban J connectivity index is 1.92. The van der Waals surface area contributed by atoms with E-state index in [1.54, 1.807) is 17.9 Å². The van der Waals surface area contributed by atoms with Crippen LogP contribution in [0.3, 0.4) is 0 Å². The molecule has 0 spiro atoms. The summed E-state index contributed by atoms with van der Waals surface area (Å²) in [4.78, 5) is 1.56. The number of aromatic nitrogens is 3. The summed E-state index contributed by atoms with van der Waals surface area (Å²) in [5.41, 5.74) is 0.559. The van der Waals surface area contributed by atoms with E-state index in [-0.39, 0.29) is 6.61 Å². The molecule has 2 aromatic rings. The van der Waals surface area contributed by atoms with Crippen molar-refractivity contribution in [2.24, 2.45) is 0 Å². The lowest BCUT2D eigenvalue weighted by Crippen LogP contribution is -2.40. The summed E-state index contributed by atoms with van der Waals surface area (Å²) >= 11 is 0. The maximum Gasteiger partial charge on any atom is 0.0972 e. The van der Waals surface area contributed by atoms with Crippen molar-refractivity contribution < 1.29 is 10.2 Å². The van der Waals surface area contributed by atoms with Crippen LogP contribution in [-0.2, 0) is 6.54 Å². The smallest absolute Gasteiger partial charge is 0.0972 e. The Morgan fingerprint density at radius 3 is 2.74 bits per heavy atom. The molecule has 0 fully saturated rings. The standard InChI is InChI=1S/C13H18N4O2/c1-13(19,10-18)9-14-7-11-8-15-17(16-11)12-5-3-2-4-6-12/h2-6,8,14,18-19H,7,9-10H2,1H3. The monoisotopic (exact) mass is 262 g/mol. The van der Waals surface area contributed by atoms with E-state index < -0.39 is 5.60 Å². The molecule has 1 atom stereocenters. The fourth-order valence-electron chi connectivity index (χ4n) is 1.58. The van der Waals surface area contributed by atoms with Crippen molar-refractivity contribution in [3.05, 3.63) is 42.2 Å². The number of nitrogens with zero attached hydrogens (tertiary/aromatic N) is 3. The van der Waals surface area contributed by atoms with Crippen LogP contribution in [0.5, 0.6) is 0 Å². The van der Waals surface area contributed by atoms with Crippen LogP contribution in [0.25, 0.3) is 5.69 Å². The zero-order chi connectivity index (χ0) is 13.7. The Morgan fingerprint density at radius 2 is 2.05 bits per heavy atom. The summed E-state index contributed by atoms with van der Waals surface area (Å²) in [6.07, 6.45) is 1.67. The Hall–Kier alpha value is -1.76. The molecule has 0 aliphatic heterocycles. The second-order valence-electron chi connectivity index (χ2n) is 4.72. The largest absolute Gasteiger partial charge is 0.393 e. The van der Waals surface area contributed by atoms with Crippen LogP contribution < -0.4 is 5.32 Å². The molecule has 3 N–H and O–H groups in total. The van der Waals surface area contributed by atoms with E-state index >= 15 is 0 Å². The highest BCUT2D eigenvalue weighted by Crippen LogP contribution is 2.04. The number of benzene rings is 1. The Labute approximate surface area is 111 Å². The van der Waals surface area contributed by atoms with E-state index in [0.29, 0.717) is 13.1 Å². The summed E-state index contributed by atoms with van der Waals surface area (Å²) in [5, 5.41) is 30.1. The first-order chi connectivity index (χ1) is 9.11. The Morgan fingerprint density at radius 1 is 1.32 bits per heavy atom. The number of rotatable bonds is 6. The molecule has 19 heavy (non-hydrogen) atoms. The molecule has 6 nitrogen and oxygen atoms in total. The van der Waals surface area contributed by atoms with Gasteiger partial charge >= 0.3 is 0 Å². The maximum absolute atomic E-state index is 9.63. The highest BCUT2D eigenvalue weighted by molar-refractivity contribution is 5.28. The van der Waals surface area contributed by atoms with E-state index in [0.717, 1.165) is 11.4 Å². The normalized spacial score (nSPS) is 14.3. The van der Waals surface area contributed by atoms with Crippen molar-refractivity contribution in [2.75, 3.05) is 13.2 Å². The number of hydrogen-bond donors (Lipinski definition) is 3.